The van der Waals surface area contributed by atoms with E-state index in [4.69, 9.17) is 17.3 Å². The molecule has 0 amide bonds. The molecule has 102 valence electrons. The van der Waals surface area contributed by atoms with E-state index in [2.05, 4.69) is 9.97 Å². The Labute approximate surface area is 114 Å². The minimum absolute atomic E-state index is 0.0465. The van der Waals surface area contributed by atoms with Crippen molar-refractivity contribution in [2.75, 3.05) is 5.73 Å². The smallest absolute Gasteiger partial charge is 0.248 e. The first-order valence-electron chi connectivity index (χ1n) is 6.27. The van der Waals surface area contributed by atoms with E-state index in [1.54, 1.807) is 12.1 Å². The van der Waals surface area contributed by atoms with E-state index in [1.807, 2.05) is 0 Å². The van der Waals surface area contributed by atoms with Gasteiger partial charge in [-0.25, -0.2) is 13.8 Å². The highest BCUT2D eigenvalue weighted by atomic mass is 35.5. The van der Waals surface area contributed by atoms with Crippen molar-refractivity contribution in [3.63, 3.8) is 0 Å². The van der Waals surface area contributed by atoms with Crippen LogP contribution >= 0.6 is 11.6 Å². The Kier molecular flexibility index (Phi) is 2.89. The number of nitrogen functional groups attached to an aromatic ring is 1. The largest absolute Gasteiger partial charge is 0.397 e. The van der Waals surface area contributed by atoms with Gasteiger partial charge in [-0.05, 0) is 25.0 Å². The lowest BCUT2D eigenvalue weighted by molar-refractivity contribution is -0.0387. The molecule has 0 radical (unpaired) electrons. The fraction of sp³-hybridized carbons (Fsp3) is 0.462. The lowest BCUT2D eigenvalue weighted by Gasteiger charge is -2.26. The molecule has 1 aliphatic rings. The van der Waals surface area contributed by atoms with E-state index in [9.17, 15) is 8.78 Å². The summed E-state index contributed by atoms with van der Waals surface area (Å²) in [6, 6.07) is 3.39. The number of nitrogens with two attached hydrogens (primary N) is 1. The molecule has 1 aliphatic carbocycles. The zero-order valence-corrected chi connectivity index (χ0v) is 11.0. The molecular formula is C13H14ClF2N3. The Hall–Kier alpha value is -1.36. The first-order chi connectivity index (χ1) is 8.94. The summed E-state index contributed by atoms with van der Waals surface area (Å²) in [4.78, 5) is 7.59. The second kappa shape index (κ2) is 4.34. The number of benzene rings is 1. The topological polar surface area (TPSA) is 54.7 Å². The lowest BCUT2D eigenvalue weighted by Crippen LogP contribution is -2.24. The van der Waals surface area contributed by atoms with E-state index in [0.717, 1.165) is 11.3 Å². The molecule has 0 spiro atoms. The molecule has 2 aromatic rings. The number of nitrogens with zero attached hydrogens (tertiary/aromatic N) is 1. The molecule has 1 aromatic heterocycles. The van der Waals surface area contributed by atoms with Crippen LogP contribution in [0.15, 0.2) is 12.1 Å². The highest BCUT2D eigenvalue weighted by Crippen LogP contribution is 2.40. The van der Waals surface area contributed by atoms with Gasteiger partial charge in [0.15, 0.2) is 0 Å². The quantitative estimate of drug-likeness (QED) is 0.775. The number of aromatic amines is 1. The minimum Gasteiger partial charge on any atom is -0.397 e. The maximum atomic E-state index is 13.1. The average Bonchev–Trinajstić information content (AvgIpc) is 2.72. The van der Waals surface area contributed by atoms with Crippen LogP contribution in [0.2, 0.25) is 5.02 Å². The van der Waals surface area contributed by atoms with Crippen molar-refractivity contribution in [2.24, 2.45) is 0 Å². The second-order valence-corrected chi connectivity index (χ2v) is 5.58. The van der Waals surface area contributed by atoms with Crippen LogP contribution < -0.4 is 5.73 Å². The minimum atomic E-state index is -2.52. The van der Waals surface area contributed by atoms with Crippen molar-refractivity contribution in [1.82, 2.24) is 9.97 Å². The van der Waals surface area contributed by atoms with Crippen LogP contribution in [0.3, 0.4) is 0 Å². The predicted octanol–water partition coefficient (Wildman–Crippen LogP) is 4.09. The van der Waals surface area contributed by atoms with Crippen molar-refractivity contribution in [2.45, 2.75) is 37.5 Å². The van der Waals surface area contributed by atoms with Gasteiger partial charge in [-0.1, -0.05) is 11.6 Å². The summed E-state index contributed by atoms with van der Waals surface area (Å²) in [5.41, 5.74) is 7.79. The Morgan fingerprint density at radius 2 is 2.00 bits per heavy atom. The SMILES string of the molecule is Nc1cc(Cl)cc2[nH]c(C3CCC(F)(F)CC3)nc12. The van der Waals surface area contributed by atoms with Gasteiger partial charge in [0, 0.05) is 23.8 Å². The van der Waals surface area contributed by atoms with E-state index >= 15 is 0 Å². The van der Waals surface area contributed by atoms with Gasteiger partial charge in [-0.15, -0.1) is 0 Å². The molecule has 0 bridgehead atoms. The first-order valence-corrected chi connectivity index (χ1v) is 6.65. The van der Waals surface area contributed by atoms with Gasteiger partial charge in [-0.2, -0.15) is 0 Å². The fourth-order valence-electron chi connectivity index (χ4n) is 2.63. The third-order valence-corrected chi connectivity index (χ3v) is 3.92. The molecule has 0 aliphatic heterocycles. The molecule has 1 saturated carbocycles. The van der Waals surface area contributed by atoms with Crippen molar-refractivity contribution in [3.8, 4) is 0 Å². The number of imidazole rings is 1. The van der Waals surface area contributed by atoms with Crippen molar-refractivity contribution < 1.29 is 8.78 Å². The van der Waals surface area contributed by atoms with Crippen LogP contribution in [0.25, 0.3) is 11.0 Å². The zero-order valence-electron chi connectivity index (χ0n) is 10.2. The second-order valence-electron chi connectivity index (χ2n) is 5.14. The van der Waals surface area contributed by atoms with E-state index in [1.165, 1.54) is 0 Å². The number of hydrogen-bond donors (Lipinski definition) is 2. The molecule has 3 rings (SSSR count). The Morgan fingerprint density at radius 3 is 2.68 bits per heavy atom. The number of alkyl halides is 2. The third-order valence-electron chi connectivity index (χ3n) is 3.70. The van der Waals surface area contributed by atoms with E-state index < -0.39 is 5.92 Å². The zero-order chi connectivity index (χ0) is 13.6. The molecule has 1 heterocycles. The summed E-state index contributed by atoms with van der Waals surface area (Å²) in [7, 11) is 0. The number of aromatic nitrogens is 2. The van der Waals surface area contributed by atoms with Gasteiger partial charge < -0.3 is 10.7 Å². The van der Waals surface area contributed by atoms with Gasteiger partial charge >= 0.3 is 0 Å². The standard InChI is InChI=1S/C13H14ClF2N3/c14-8-5-9(17)11-10(6-8)18-12(19-11)7-1-3-13(15,16)4-2-7/h5-7H,1-4,17H2,(H,18,19). The number of fused-ring (bicyclic) bond motifs is 1. The highest BCUT2D eigenvalue weighted by Gasteiger charge is 2.36. The lowest BCUT2D eigenvalue weighted by atomic mass is 9.86. The van der Waals surface area contributed by atoms with Gasteiger partial charge in [0.2, 0.25) is 5.92 Å². The normalized spacial score (nSPS) is 19.9. The van der Waals surface area contributed by atoms with E-state index in [0.29, 0.717) is 29.1 Å². The molecule has 19 heavy (non-hydrogen) atoms. The summed E-state index contributed by atoms with van der Waals surface area (Å²) in [6.07, 6.45) is 0.733. The molecule has 0 unspecified atom stereocenters. The summed E-state index contributed by atoms with van der Waals surface area (Å²) >= 11 is 5.93. The Balaban J connectivity index is 1.92. The van der Waals surface area contributed by atoms with Gasteiger partial charge in [0.1, 0.15) is 11.3 Å². The third kappa shape index (κ3) is 2.39. The highest BCUT2D eigenvalue weighted by molar-refractivity contribution is 6.31. The van der Waals surface area contributed by atoms with Crippen LogP contribution in [0, 0.1) is 0 Å². The number of rotatable bonds is 1. The number of hydrogen-bond acceptors (Lipinski definition) is 2. The fourth-order valence-corrected chi connectivity index (χ4v) is 2.86. The summed E-state index contributed by atoms with van der Waals surface area (Å²) in [5, 5.41) is 0.537. The number of H-pyrrole nitrogens is 1. The van der Waals surface area contributed by atoms with Crippen LogP contribution in [0.4, 0.5) is 14.5 Å². The first kappa shape index (κ1) is 12.7. The number of nitrogens with one attached hydrogen (secondary N) is 1. The summed E-state index contributed by atoms with van der Waals surface area (Å²) in [6.45, 7) is 0. The summed E-state index contributed by atoms with van der Waals surface area (Å²) < 4.78 is 26.3. The molecule has 1 fully saturated rings. The van der Waals surface area contributed by atoms with Crippen LogP contribution in [-0.2, 0) is 0 Å². The Bertz CT molecular complexity index is 614. The van der Waals surface area contributed by atoms with Crippen LogP contribution in [-0.4, -0.2) is 15.9 Å². The number of anilines is 1. The average molecular weight is 286 g/mol. The predicted molar refractivity (Wildman–Crippen MR) is 71.7 cm³/mol. The van der Waals surface area contributed by atoms with Gasteiger partial charge in [-0.3, -0.25) is 0 Å². The van der Waals surface area contributed by atoms with Crippen LogP contribution in [0.5, 0.6) is 0 Å². The maximum Gasteiger partial charge on any atom is 0.248 e. The molecule has 0 saturated heterocycles. The molecule has 3 nitrogen and oxygen atoms in total. The van der Waals surface area contributed by atoms with Crippen molar-refractivity contribution in [3.05, 3.63) is 23.0 Å². The monoisotopic (exact) mass is 285 g/mol. The van der Waals surface area contributed by atoms with E-state index in [-0.39, 0.29) is 18.8 Å². The molecule has 6 heteroatoms. The Morgan fingerprint density at radius 1 is 1.32 bits per heavy atom. The van der Waals surface area contributed by atoms with Crippen LogP contribution in [0.1, 0.15) is 37.4 Å². The molecule has 1 aromatic carbocycles. The molecular weight excluding hydrogens is 272 g/mol. The number of halogens is 3. The molecule has 0 atom stereocenters. The maximum absolute atomic E-state index is 13.1. The van der Waals surface area contributed by atoms with Crippen molar-refractivity contribution in [1.29, 1.82) is 0 Å². The van der Waals surface area contributed by atoms with Gasteiger partial charge in [0.25, 0.3) is 0 Å². The summed E-state index contributed by atoms with van der Waals surface area (Å²) in [5.74, 6) is -1.74. The van der Waals surface area contributed by atoms with Gasteiger partial charge in [0.05, 0.1) is 11.2 Å². The molecule has 3 N–H and O–H groups in total. The van der Waals surface area contributed by atoms with Crippen molar-refractivity contribution >= 4 is 28.3 Å².